The molecule has 38 heavy (non-hydrogen) atoms. The van der Waals surface area contributed by atoms with E-state index in [1.807, 2.05) is 42.2 Å². The highest BCUT2D eigenvalue weighted by atomic mass is 16.4. The molecule has 0 aromatic heterocycles. The lowest BCUT2D eigenvalue weighted by Crippen LogP contribution is -2.49. The molecule has 2 aliphatic rings. The maximum Gasteiger partial charge on any atom is 0.305 e. The smallest absolute Gasteiger partial charge is 0.305 e. The summed E-state index contributed by atoms with van der Waals surface area (Å²) in [6.07, 6.45) is 5.47. The van der Waals surface area contributed by atoms with Crippen LogP contribution in [0.4, 0.5) is 0 Å². The van der Waals surface area contributed by atoms with Gasteiger partial charge in [-0.1, -0.05) is 75.4 Å². The van der Waals surface area contributed by atoms with Crippen LogP contribution in [0, 0.1) is 11.3 Å². The number of carbonyl (C=O) groups excluding carboxylic acids is 1. The van der Waals surface area contributed by atoms with Crippen molar-refractivity contribution in [2.75, 3.05) is 6.54 Å². The first-order valence-electron chi connectivity index (χ1n) is 13.8. The standard InChI is InChI=1S/C32H41N3O3/c1-23(33-21-18-29(36)37)26-13-10-25(11-14-26)22-35-30(38)28(15-12-24-8-6-5-7-9-24)34-32(35)19-16-27(17-20-32)31(2,3)4/h5-11,13-14,27H,12,15-22H2,1-4H3,(H,36,37). The third-order valence-electron chi connectivity index (χ3n) is 8.23. The molecule has 6 heteroatoms. The summed E-state index contributed by atoms with van der Waals surface area (Å²) in [5, 5.41) is 8.85. The number of nitrogens with zero attached hydrogens (tertiary/aromatic N) is 3. The summed E-state index contributed by atoms with van der Waals surface area (Å²) in [6, 6.07) is 18.4. The minimum atomic E-state index is -0.844. The van der Waals surface area contributed by atoms with Crippen LogP contribution < -0.4 is 0 Å². The highest BCUT2D eigenvalue weighted by Crippen LogP contribution is 2.46. The van der Waals surface area contributed by atoms with E-state index >= 15 is 0 Å². The molecule has 1 aliphatic carbocycles. The number of aryl methyl sites for hydroxylation is 1. The third kappa shape index (κ3) is 6.58. The molecule has 0 radical (unpaired) electrons. The Kier molecular flexibility index (Phi) is 8.49. The zero-order valence-corrected chi connectivity index (χ0v) is 23.2. The van der Waals surface area contributed by atoms with E-state index in [0.717, 1.165) is 48.9 Å². The number of benzene rings is 2. The van der Waals surface area contributed by atoms with Gasteiger partial charge in [-0.3, -0.25) is 19.6 Å². The van der Waals surface area contributed by atoms with Gasteiger partial charge in [0.25, 0.3) is 5.91 Å². The van der Waals surface area contributed by atoms with Gasteiger partial charge in [0.2, 0.25) is 0 Å². The van der Waals surface area contributed by atoms with Gasteiger partial charge in [0.15, 0.2) is 0 Å². The number of carbonyl (C=O) groups is 2. The van der Waals surface area contributed by atoms with Crippen molar-refractivity contribution < 1.29 is 14.7 Å². The Hall–Kier alpha value is -3.28. The van der Waals surface area contributed by atoms with Gasteiger partial charge >= 0.3 is 5.97 Å². The average Bonchev–Trinajstić information content (AvgIpc) is 3.13. The number of carboxylic acids is 1. The van der Waals surface area contributed by atoms with E-state index in [4.69, 9.17) is 10.1 Å². The maximum atomic E-state index is 13.8. The third-order valence-corrected chi connectivity index (χ3v) is 8.23. The van der Waals surface area contributed by atoms with Gasteiger partial charge in [0.1, 0.15) is 11.4 Å². The molecule has 6 nitrogen and oxygen atoms in total. The topological polar surface area (TPSA) is 82.3 Å². The van der Waals surface area contributed by atoms with Crippen LogP contribution in [-0.2, 0) is 22.6 Å². The second-order valence-electron chi connectivity index (χ2n) is 11.9. The quantitative estimate of drug-likeness (QED) is 0.397. The van der Waals surface area contributed by atoms with Crippen molar-refractivity contribution in [2.45, 2.75) is 84.8 Å². The van der Waals surface area contributed by atoms with Gasteiger partial charge in [0.05, 0.1) is 6.42 Å². The summed E-state index contributed by atoms with van der Waals surface area (Å²) < 4.78 is 0. The minimum Gasteiger partial charge on any atom is -0.481 e. The Balaban J connectivity index is 1.51. The predicted molar refractivity (Wildman–Crippen MR) is 153 cm³/mol. The fourth-order valence-corrected chi connectivity index (χ4v) is 5.77. The van der Waals surface area contributed by atoms with Crippen LogP contribution >= 0.6 is 0 Å². The molecule has 1 spiro atoms. The summed E-state index contributed by atoms with van der Waals surface area (Å²) in [5.74, 6) is -0.134. The van der Waals surface area contributed by atoms with Gasteiger partial charge < -0.3 is 10.0 Å². The fourth-order valence-electron chi connectivity index (χ4n) is 5.77. The highest BCUT2D eigenvalue weighted by Gasteiger charge is 2.49. The van der Waals surface area contributed by atoms with Crippen molar-refractivity contribution in [3.05, 3.63) is 71.3 Å². The Labute approximate surface area is 226 Å². The lowest BCUT2D eigenvalue weighted by Gasteiger charge is -2.45. The van der Waals surface area contributed by atoms with Crippen LogP contribution in [0.3, 0.4) is 0 Å². The van der Waals surface area contributed by atoms with Crippen molar-refractivity contribution in [3.63, 3.8) is 0 Å². The Bertz CT molecular complexity index is 1180. The molecule has 2 aromatic rings. The molecule has 1 amide bonds. The van der Waals surface area contributed by atoms with E-state index in [0.29, 0.717) is 24.6 Å². The molecular weight excluding hydrogens is 474 g/mol. The summed E-state index contributed by atoms with van der Waals surface area (Å²) in [5.41, 5.74) is 4.60. The minimum absolute atomic E-state index is 0.0251. The zero-order valence-electron chi connectivity index (χ0n) is 23.2. The van der Waals surface area contributed by atoms with Gasteiger partial charge in [-0.05, 0) is 73.5 Å². The average molecular weight is 516 g/mol. The maximum absolute atomic E-state index is 13.8. The van der Waals surface area contributed by atoms with Gasteiger partial charge in [-0.2, -0.15) is 0 Å². The van der Waals surface area contributed by atoms with Gasteiger partial charge in [0, 0.05) is 18.8 Å². The van der Waals surface area contributed by atoms with E-state index in [1.165, 1.54) is 5.56 Å². The van der Waals surface area contributed by atoms with Crippen molar-refractivity contribution in [3.8, 4) is 0 Å². The number of rotatable bonds is 9. The summed E-state index contributed by atoms with van der Waals surface area (Å²) in [6.45, 7) is 9.65. The van der Waals surface area contributed by atoms with E-state index in [9.17, 15) is 9.59 Å². The van der Waals surface area contributed by atoms with Crippen LogP contribution in [0.2, 0.25) is 0 Å². The zero-order chi connectivity index (χ0) is 27.3. The predicted octanol–water partition coefficient (Wildman–Crippen LogP) is 6.32. The molecule has 1 saturated carbocycles. The molecule has 2 aromatic carbocycles. The van der Waals surface area contributed by atoms with Gasteiger partial charge in [-0.25, -0.2) is 0 Å². The van der Waals surface area contributed by atoms with E-state index < -0.39 is 11.6 Å². The van der Waals surface area contributed by atoms with Crippen molar-refractivity contribution in [2.24, 2.45) is 21.3 Å². The van der Waals surface area contributed by atoms with E-state index in [-0.39, 0.29) is 24.3 Å². The fraction of sp³-hybridized carbons (Fsp3) is 0.500. The van der Waals surface area contributed by atoms with E-state index in [1.54, 1.807) is 0 Å². The molecular formula is C32H41N3O3. The van der Waals surface area contributed by atoms with Crippen LogP contribution in [0.25, 0.3) is 0 Å². The number of aliphatic imine (C=N–C) groups is 2. The molecule has 1 aliphatic heterocycles. The summed E-state index contributed by atoms with van der Waals surface area (Å²) >= 11 is 0. The van der Waals surface area contributed by atoms with Crippen molar-refractivity contribution >= 4 is 23.3 Å². The van der Waals surface area contributed by atoms with Crippen molar-refractivity contribution in [1.82, 2.24) is 4.90 Å². The first-order valence-corrected chi connectivity index (χ1v) is 13.8. The highest BCUT2D eigenvalue weighted by molar-refractivity contribution is 6.40. The number of aliphatic carboxylic acids is 1. The van der Waals surface area contributed by atoms with Crippen LogP contribution in [-0.4, -0.2) is 45.5 Å². The second-order valence-corrected chi connectivity index (χ2v) is 11.9. The number of amides is 1. The number of carboxylic acid groups (broad SMARTS) is 1. The summed E-state index contributed by atoms with van der Waals surface area (Å²) in [4.78, 5) is 36.1. The Morgan fingerprint density at radius 2 is 1.68 bits per heavy atom. The molecule has 0 saturated heterocycles. The van der Waals surface area contributed by atoms with E-state index in [2.05, 4.69) is 50.0 Å². The lowest BCUT2D eigenvalue weighted by atomic mass is 9.69. The normalized spacial score (nSPS) is 22.2. The lowest BCUT2D eigenvalue weighted by molar-refractivity contribution is -0.136. The second kappa shape index (κ2) is 11.6. The van der Waals surface area contributed by atoms with Crippen LogP contribution in [0.1, 0.15) is 82.9 Å². The molecule has 0 bridgehead atoms. The monoisotopic (exact) mass is 515 g/mol. The largest absolute Gasteiger partial charge is 0.481 e. The number of hydrogen-bond acceptors (Lipinski definition) is 4. The molecule has 1 heterocycles. The Morgan fingerprint density at radius 1 is 1.03 bits per heavy atom. The molecule has 4 rings (SSSR count). The van der Waals surface area contributed by atoms with Crippen LogP contribution in [0.5, 0.6) is 0 Å². The summed E-state index contributed by atoms with van der Waals surface area (Å²) in [7, 11) is 0. The molecule has 202 valence electrons. The molecule has 1 N–H and O–H groups in total. The van der Waals surface area contributed by atoms with Crippen LogP contribution in [0.15, 0.2) is 64.6 Å². The first-order chi connectivity index (χ1) is 18.1. The van der Waals surface area contributed by atoms with Gasteiger partial charge in [-0.15, -0.1) is 0 Å². The number of hydrogen-bond donors (Lipinski definition) is 1. The molecule has 1 fully saturated rings. The molecule has 0 atom stereocenters. The SMILES string of the molecule is CC(=NCCC(=O)O)c1ccc(CN2C(=O)C(CCc3ccccc3)=NC23CCC(C(C)(C)C)CC3)cc1. The Morgan fingerprint density at radius 3 is 2.29 bits per heavy atom. The molecule has 0 unspecified atom stereocenters. The van der Waals surface area contributed by atoms with Crippen molar-refractivity contribution in [1.29, 1.82) is 0 Å². The first kappa shape index (κ1) is 27.7.